The van der Waals surface area contributed by atoms with Crippen LogP contribution in [0.4, 0.5) is 0 Å². The van der Waals surface area contributed by atoms with Crippen LogP contribution in [0.5, 0.6) is 0 Å². The minimum atomic E-state index is 0.467. The molecule has 2 nitrogen and oxygen atoms in total. The first-order chi connectivity index (χ1) is 8.72. The lowest BCUT2D eigenvalue weighted by molar-refractivity contribution is 0.277. The van der Waals surface area contributed by atoms with Crippen LogP contribution in [0, 0.1) is 0 Å². The fourth-order valence-corrected chi connectivity index (χ4v) is 3.42. The van der Waals surface area contributed by atoms with Gasteiger partial charge in [0.25, 0.3) is 0 Å². The second-order valence-corrected chi connectivity index (χ2v) is 6.06. The van der Waals surface area contributed by atoms with Crippen LogP contribution in [-0.4, -0.2) is 24.0 Å². The Balaban J connectivity index is 2.19. The van der Waals surface area contributed by atoms with Crippen molar-refractivity contribution in [1.29, 1.82) is 0 Å². The summed E-state index contributed by atoms with van der Waals surface area (Å²) in [5.74, 6) is 0. The molecule has 0 saturated heterocycles. The molecule has 1 heterocycles. The lowest BCUT2D eigenvalue weighted by Gasteiger charge is -2.21. The number of unbranched alkanes of at least 4 members (excludes halogenated alkanes) is 2. The van der Waals surface area contributed by atoms with E-state index in [1.165, 1.54) is 35.4 Å². The predicted octanol–water partition coefficient (Wildman–Crippen LogP) is 4.48. The van der Waals surface area contributed by atoms with E-state index in [1.54, 1.807) is 0 Å². The molecule has 0 aliphatic carbocycles. The molecule has 1 aromatic heterocycles. The van der Waals surface area contributed by atoms with Gasteiger partial charge in [-0.3, -0.25) is 0 Å². The fourth-order valence-electron chi connectivity index (χ4n) is 2.22. The van der Waals surface area contributed by atoms with E-state index >= 15 is 0 Å². The lowest BCUT2D eigenvalue weighted by atomic mass is 10.1. The molecular weight excluding hydrogens is 240 g/mol. The molecule has 1 atom stereocenters. The van der Waals surface area contributed by atoms with Crippen molar-refractivity contribution in [2.24, 2.45) is 0 Å². The minimum Gasteiger partial charge on any atom is -0.300 e. The molecule has 3 heteroatoms. The van der Waals surface area contributed by atoms with Gasteiger partial charge in [-0.25, -0.2) is 4.98 Å². The molecule has 0 aliphatic heterocycles. The van der Waals surface area contributed by atoms with E-state index in [-0.39, 0.29) is 0 Å². The molecule has 1 unspecified atom stereocenters. The zero-order valence-electron chi connectivity index (χ0n) is 11.5. The number of thiazole rings is 1. The molecule has 0 aliphatic rings. The maximum atomic E-state index is 4.79. The molecule has 98 valence electrons. The summed E-state index contributed by atoms with van der Waals surface area (Å²) in [5, 5.41) is 1.26. The molecule has 18 heavy (non-hydrogen) atoms. The van der Waals surface area contributed by atoms with Crippen molar-refractivity contribution in [2.75, 3.05) is 14.1 Å². The van der Waals surface area contributed by atoms with Crippen LogP contribution >= 0.6 is 11.3 Å². The van der Waals surface area contributed by atoms with Gasteiger partial charge in [0.05, 0.1) is 16.3 Å². The van der Waals surface area contributed by atoms with Gasteiger partial charge in [0.1, 0.15) is 5.01 Å². The highest BCUT2D eigenvalue weighted by molar-refractivity contribution is 7.18. The first-order valence-corrected chi connectivity index (χ1v) is 7.56. The van der Waals surface area contributed by atoms with E-state index in [4.69, 9.17) is 4.98 Å². The van der Waals surface area contributed by atoms with Crippen LogP contribution in [-0.2, 0) is 0 Å². The van der Waals surface area contributed by atoms with Crippen LogP contribution in [0.1, 0.15) is 43.7 Å². The summed E-state index contributed by atoms with van der Waals surface area (Å²) in [6, 6.07) is 8.89. The second-order valence-electron chi connectivity index (χ2n) is 5.00. The monoisotopic (exact) mass is 262 g/mol. The van der Waals surface area contributed by atoms with Gasteiger partial charge in [0.2, 0.25) is 0 Å². The largest absolute Gasteiger partial charge is 0.300 e. The predicted molar refractivity (Wildman–Crippen MR) is 80.2 cm³/mol. The Morgan fingerprint density at radius 2 is 2.00 bits per heavy atom. The molecule has 0 N–H and O–H groups in total. The highest BCUT2D eigenvalue weighted by atomic mass is 32.1. The summed E-state index contributed by atoms with van der Waals surface area (Å²) in [5.41, 5.74) is 1.14. The van der Waals surface area contributed by atoms with E-state index < -0.39 is 0 Å². The van der Waals surface area contributed by atoms with E-state index in [9.17, 15) is 0 Å². The van der Waals surface area contributed by atoms with Crippen LogP contribution in [0.25, 0.3) is 10.2 Å². The maximum absolute atomic E-state index is 4.79. The van der Waals surface area contributed by atoms with Crippen molar-refractivity contribution >= 4 is 21.6 Å². The van der Waals surface area contributed by atoms with E-state index in [0.29, 0.717) is 6.04 Å². The third-order valence-corrected chi connectivity index (χ3v) is 4.44. The average Bonchev–Trinajstić information content (AvgIpc) is 2.77. The summed E-state index contributed by atoms with van der Waals surface area (Å²) in [6.45, 7) is 2.25. The maximum Gasteiger partial charge on any atom is 0.111 e. The molecule has 0 bridgehead atoms. The van der Waals surface area contributed by atoms with Gasteiger partial charge in [-0.1, -0.05) is 38.3 Å². The zero-order chi connectivity index (χ0) is 13.0. The lowest BCUT2D eigenvalue weighted by Crippen LogP contribution is -2.19. The molecule has 0 amide bonds. The Morgan fingerprint density at radius 3 is 2.67 bits per heavy atom. The van der Waals surface area contributed by atoms with Gasteiger partial charge in [0, 0.05) is 0 Å². The Labute approximate surface area is 114 Å². The Morgan fingerprint density at radius 1 is 1.22 bits per heavy atom. The topological polar surface area (TPSA) is 16.1 Å². The summed E-state index contributed by atoms with van der Waals surface area (Å²) < 4.78 is 1.30. The van der Waals surface area contributed by atoms with Crippen LogP contribution in [0.2, 0.25) is 0 Å². The van der Waals surface area contributed by atoms with Crippen molar-refractivity contribution in [2.45, 2.75) is 38.6 Å². The Kier molecular flexibility index (Phi) is 4.72. The van der Waals surface area contributed by atoms with Crippen molar-refractivity contribution < 1.29 is 0 Å². The zero-order valence-corrected chi connectivity index (χ0v) is 12.3. The summed E-state index contributed by atoms with van der Waals surface area (Å²) in [6.07, 6.45) is 5.09. The number of aromatic nitrogens is 1. The first kappa shape index (κ1) is 13.5. The average molecular weight is 262 g/mol. The molecular formula is C15H22N2S. The Hall–Kier alpha value is -0.930. The van der Waals surface area contributed by atoms with Crippen LogP contribution in [0.3, 0.4) is 0 Å². The number of nitrogens with zero attached hydrogens (tertiary/aromatic N) is 2. The number of rotatable bonds is 6. The molecule has 2 aromatic rings. The van der Waals surface area contributed by atoms with Gasteiger partial charge in [-0.15, -0.1) is 11.3 Å². The third kappa shape index (κ3) is 3.09. The van der Waals surface area contributed by atoms with E-state index in [2.05, 4.69) is 50.2 Å². The molecule has 2 rings (SSSR count). The van der Waals surface area contributed by atoms with Crippen molar-refractivity contribution in [3.05, 3.63) is 29.3 Å². The number of hydrogen-bond donors (Lipinski definition) is 0. The summed E-state index contributed by atoms with van der Waals surface area (Å²) in [7, 11) is 4.31. The molecule has 0 saturated carbocycles. The smallest absolute Gasteiger partial charge is 0.111 e. The number of fused-ring (bicyclic) bond motifs is 1. The van der Waals surface area contributed by atoms with Gasteiger partial charge >= 0.3 is 0 Å². The summed E-state index contributed by atoms with van der Waals surface area (Å²) in [4.78, 5) is 7.09. The molecule has 1 aromatic carbocycles. The normalized spacial score (nSPS) is 13.3. The molecule has 0 radical (unpaired) electrons. The van der Waals surface area contributed by atoms with Gasteiger partial charge in [-0.2, -0.15) is 0 Å². The Bertz CT molecular complexity index is 457. The number of benzene rings is 1. The summed E-state index contributed by atoms with van der Waals surface area (Å²) >= 11 is 1.84. The van der Waals surface area contributed by atoms with Gasteiger partial charge in [0.15, 0.2) is 0 Å². The van der Waals surface area contributed by atoms with Crippen molar-refractivity contribution in [1.82, 2.24) is 9.88 Å². The second kappa shape index (κ2) is 6.30. The standard InChI is InChI=1S/C15H22N2S/c1-4-5-6-10-13(17(2)3)15-16-12-9-7-8-11-14(12)18-15/h7-9,11,13H,4-6,10H2,1-3H3. The highest BCUT2D eigenvalue weighted by Crippen LogP contribution is 2.31. The quantitative estimate of drug-likeness (QED) is 0.714. The SMILES string of the molecule is CCCCCC(c1nc2ccccc2s1)N(C)C. The van der Waals surface area contributed by atoms with Crippen LogP contribution in [0.15, 0.2) is 24.3 Å². The fraction of sp³-hybridized carbons (Fsp3) is 0.533. The third-order valence-electron chi connectivity index (χ3n) is 3.30. The van der Waals surface area contributed by atoms with Gasteiger partial charge in [-0.05, 0) is 32.6 Å². The van der Waals surface area contributed by atoms with E-state index in [0.717, 1.165) is 5.52 Å². The number of hydrogen-bond acceptors (Lipinski definition) is 3. The first-order valence-electron chi connectivity index (χ1n) is 6.74. The molecule has 0 spiro atoms. The van der Waals surface area contributed by atoms with Gasteiger partial charge < -0.3 is 4.90 Å². The van der Waals surface area contributed by atoms with Crippen molar-refractivity contribution in [3.8, 4) is 0 Å². The van der Waals surface area contributed by atoms with Crippen LogP contribution < -0.4 is 0 Å². The van der Waals surface area contributed by atoms with Crippen molar-refractivity contribution in [3.63, 3.8) is 0 Å². The van der Waals surface area contributed by atoms with E-state index in [1.807, 2.05) is 11.3 Å². The highest BCUT2D eigenvalue weighted by Gasteiger charge is 2.17. The minimum absolute atomic E-state index is 0.467. The molecule has 0 fully saturated rings. The number of para-hydroxylation sites is 1.